The lowest BCUT2D eigenvalue weighted by Gasteiger charge is -2.27. The molecule has 5 atom stereocenters. The number of carbonyl (C=O) groups is 2. The third-order valence-electron chi connectivity index (χ3n) is 16.7. The van der Waals surface area contributed by atoms with Gasteiger partial charge >= 0.3 is 27.9 Å². The Bertz CT molecular complexity index is 3750. The molecule has 117 heavy (non-hydrogen) atoms. The first-order valence-electron chi connectivity index (χ1n) is 37.0. The maximum atomic E-state index is 13.7. The smallest absolute Gasteiger partial charge is 0.428 e. The van der Waals surface area contributed by atoms with Crippen LogP contribution in [0.1, 0.15) is 196 Å². The summed E-state index contributed by atoms with van der Waals surface area (Å²) in [5.74, 6) is -0.985. The molecule has 5 aliphatic heterocycles. The molecular formula is C84H124Br3F9N4O16S. The van der Waals surface area contributed by atoms with Crippen molar-refractivity contribution in [3.05, 3.63) is 207 Å². The van der Waals surface area contributed by atoms with Gasteiger partial charge in [0.25, 0.3) is 0 Å². The van der Waals surface area contributed by atoms with E-state index in [4.69, 9.17) is 60.7 Å². The van der Waals surface area contributed by atoms with Gasteiger partial charge in [-0.3, -0.25) is 4.55 Å². The number of fused-ring (bicyclic) bond motifs is 5. The lowest BCUT2D eigenvalue weighted by Crippen LogP contribution is -2.29. The predicted molar refractivity (Wildman–Crippen MR) is 451 cm³/mol. The summed E-state index contributed by atoms with van der Waals surface area (Å²) in [6.07, 6.45) is 5.61. The number of nitrogens with one attached hydrogen (secondary N) is 4. The number of ether oxygens (including phenoxy) is 10. The van der Waals surface area contributed by atoms with Gasteiger partial charge in [-0.1, -0.05) is 133 Å². The molecule has 0 saturated carbocycles. The predicted octanol–water partition coefficient (Wildman–Crippen LogP) is 20.4. The molecule has 6 aromatic carbocycles. The Morgan fingerprint density at radius 3 is 1.14 bits per heavy atom. The van der Waals surface area contributed by atoms with Crippen molar-refractivity contribution in [2.45, 2.75) is 195 Å². The summed E-state index contributed by atoms with van der Waals surface area (Å²) in [6.45, 7) is 20.4. The van der Waals surface area contributed by atoms with Gasteiger partial charge in [-0.05, 0) is 215 Å². The number of halogens is 12. The maximum absolute atomic E-state index is 13.7. The molecule has 0 aromatic heterocycles. The minimum Gasteiger partial charge on any atom is -0.428 e. The van der Waals surface area contributed by atoms with Gasteiger partial charge in [0, 0.05) is 89.7 Å². The first-order chi connectivity index (χ1) is 53.8. The van der Waals surface area contributed by atoms with Crippen LogP contribution in [0.2, 0.25) is 0 Å². The second kappa shape index (κ2) is 56.8. The van der Waals surface area contributed by atoms with Crippen LogP contribution in [0.5, 0.6) is 0 Å². The third kappa shape index (κ3) is 39.4. The van der Waals surface area contributed by atoms with Crippen molar-refractivity contribution in [1.29, 1.82) is 0 Å². The van der Waals surface area contributed by atoms with Crippen molar-refractivity contribution in [2.24, 2.45) is 0 Å². The number of aliphatic hydroxyl groups is 1. The van der Waals surface area contributed by atoms with Gasteiger partial charge in [0.1, 0.15) is 46.1 Å². The molecule has 11 rings (SSSR count). The maximum Gasteiger partial charge on any atom is 0.522 e. The summed E-state index contributed by atoms with van der Waals surface area (Å²) in [7, 11) is 4.78. The molecule has 0 radical (unpaired) electrons. The van der Waals surface area contributed by atoms with E-state index in [-0.39, 0.29) is 102 Å². The van der Waals surface area contributed by atoms with Gasteiger partial charge in [-0.15, -0.1) is 0 Å². The van der Waals surface area contributed by atoms with Gasteiger partial charge in [0.2, 0.25) is 0 Å². The van der Waals surface area contributed by atoms with Gasteiger partial charge < -0.3 is 73.7 Å². The van der Waals surface area contributed by atoms with E-state index < -0.39 is 39.1 Å². The Kier molecular flexibility index (Phi) is 54.0. The molecule has 20 nitrogen and oxygen atoms in total. The van der Waals surface area contributed by atoms with Crippen molar-refractivity contribution < 1.29 is 116 Å². The number of methoxy groups -OCH3 is 2. The molecule has 0 aliphatic carbocycles. The van der Waals surface area contributed by atoms with Crippen molar-refractivity contribution in [1.82, 2.24) is 21.3 Å². The number of benzene rings is 6. The van der Waals surface area contributed by atoms with E-state index in [0.717, 1.165) is 140 Å². The molecule has 33 heteroatoms. The molecule has 6 aromatic rings. The number of rotatable bonds is 16. The molecule has 0 amide bonds. The van der Waals surface area contributed by atoms with Gasteiger partial charge in [0.05, 0.1) is 63.6 Å². The van der Waals surface area contributed by atoms with Gasteiger partial charge in [0.15, 0.2) is 6.29 Å². The summed E-state index contributed by atoms with van der Waals surface area (Å²) >= 11 is 10.2. The van der Waals surface area contributed by atoms with Crippen LogP contribution in [0.4, 0.5) is 49.1 Å². The normalized spacial score (nSPS) is 16.7. The average molecular weight is 1890 g/mol. The Morgan fingerprint density at radius 2 is 0.821 bits per heavy atom. The highest BCUT2D eigenvalue weighted by Gasteiger charge is 2.44. The highest BCUT2D eigenvalue weighted by molar-refractivity contribution is 9.11. The van der Waals surface area contributed by atoms with Crippen molar-refractivity contribution in [3.63, 3.8) is 0 Å². The molecule has 0 saturated heterocycles. The van der Waals surface area contributed by atoms with Crippen LogP contribution in [0.15, 0.2) is 110 Å². The lowest BCUT2D eigenvalue weighted by atomic mass is 9.94. The lowest BCUT2D eigenvalue weighted by molar-refractivity contribution is -0.0978. The zero-order valence-corrected chi connectivity index (χ0v) is 72.5. The molecule has 0 bridgehead atoms. The summed E-state index contributed by atoms with van der Waals surface area (Å²) in [5.41, 5.74) is 2.99. The third-order valence-corrected chi connectivity index (χ3v) is 19.6. The first kappa shape index (κ1) is 111. The number of hydrogen-bond acceptors (Lipinski definition) is 19. The first-order valence-corrected chi connectivity index (χ1v) is 40.8. The second-order valence-corrected chi connectivity index (χ2v) is 31.7. The number of alkyl halides is 3. The largest absolute Gasteiger partial charge is 0.522 e. The average Bonchev–Trinajstić information content (AvgIpc) is 0.660. The fraction of sp³-hybridized carbons (Fsp3) is 0.548. The SMILES string of the molecule is C.C.C.CC(C)(C)OC(=O)OC(=O)OC(C)(C)C.CCCC1OCCc2c(Br)ccc(F)c21.CCCC1OCCc2cccc(F)c21.CNCC(OC)OC.CNCC1OCCc2c(Br)ccc(F)c21.CNC[C@@H]1OCCc2cccc(F)c21.CNC[C@H]1OCCc2cccc(F)c21.O=S(=O)(O)C(F)(F)F.OCCc1cc(F)ccc1Br.[HH]. The number of aliphatic hydroxyl groups excluding tert-OH is 1. The van der Waals surface area contributed by atoms with E-state index in [2.05, 4.69) is 87.6 Å². The molecule has 0 spiro atoms. The Morgan fingerprint density at radius 1 is 0.504 bits per heavy atom. The molecule has 5 aliphatic rings. The summed E-state index contributed by atoms with van der Waals surface area (Å²) in [4.78, 5) is 22.0. The Balaban J connectivity index is 0. The standard InChI is InChI=1S/C12H14BrFO.C12H15FO.C11H13BrFNO.2C11H14FNO.C10H18O5.C8H8BrFO.C5H13NO2.CHF3O3S.3CH4.H2/c1-2-3-11-12-8(6-7-15-11)9(13)4-5-10(12)14;1-2-4-11-12-9(7-8-14-11)5-3-6-10(12)13;1-14-6-10-11-7(4-5-15-10)8(12)2-3-9(11)13;2*1-13-7-10-11-8(5-6-14-10)3-2-4-9(11)12;1-9(2,3)14-7(11)13-8(12)15-10(4,5)6;9-8-2-1-7(10)5-6(8)3-4-11;1-6-4-5(7-2)8-3;2-1(3,4)8(5,6)7;;;;/h4-5,11H,2-3,6-7H2,1H3;3,5-6,11H,2,4,7-8H2,1H3;2-3,10,14H,4-6H2,1H3;2*2-4,10,13H,5-7H2,1H3;1-6H3;1-2,5,11H,3-4H2;5-6H,4H2,1-3H3;(H,5,6,7);3*1H4;1H/t;;;2*10-;;;;;;;;/m...10......../s1. The fourth-order valence-corrected chi connectivity index (χ4v) is 13.3. The minimum absolute atomic E-state index is 0. The van der Waals surface area contributed by atoms with E-state index in [1.165, 1.54) is 42.5 Å². The fourth-order valence-electron chi connectivity index (χ4n) is 11.8. The quantitative estimate of drug-likeness (QED) is 0.0132. The zero-order chi connectivity index (χ0) is 85.5. The van der Waals surface area contributed by atoms with E-state index >= 15 is 0 Å². The number of hydrogen-bond donors (Lipinski definition) is 6. The van der Waals surface area contributed by atoms with Crippen LogP contribution in [0, 0.1) is 34.9 Å². The van der Waals surface area contributed by atoms with Crippen LogP contribution in [-0.4, -0.2) is 162 Å². The monoisotopic (exact) mass is 1880 g/mol. The van der Waals surface area contributed by atoms with Gasteiger partial charge in [-0.2, -0.15) is 21.6 Å². The highest BCUT2D eigenvalue weighted by Crippen LogP contribution is 2.38. The molecular weight excluding hydrogens is 1760 g/mol. The summed E-state index contributed by atoms with van der Waals surface area (Å²) in [6, 6.07) is 26.7. The van der Waals surface area contributed by atoms with Crippen LogP contribution < -0.4 is 21.3 Å². The topological polar surface area (TPSA) is 249 Å². The summed E-state index contributed by atoms with van der Waals surface area (Å²) in [5, 5.41) is 20.6. The van der Waals surface area contributed by atoms with Gasteiger partial charge in [-0.25, -0.2) is 35.9 Å². The van der Waals surface area contributed by atoms with Crippen LogP contribution in [0.25, 0.3) is 0 Å². The number of likely N-dealkylation sites (N-methyl/N-ethyl adjacent to an activating group) is 4. The van der Waals surface area contributed by atoms with E-state index in [9.17, 15) is 49.1 Å². The van der Waals surface area contributed by atoms with Crippen molar-refractivity contribution in [3.8, 4) is 0 Å². The Hall–Kier alpha value is -5.70. The molecule has 6 N–H and O–H groups in total. The van der Waals surface area contributed by atoms with Crippen LogP contribution in [0.3, 0.4) is 0 Å². The van der Waals surface area contributed by atoms with Crippen LogP contribution in [-0.2, 0) is 96.0 Å². The van der Waals surface area contributed by atoms with E-state index in [0.29, 0.717) is 58.0 Å². The highest BCUT2D eigenvalue weighted by atomic mass is 79.9. The zero-order valence-electron chi connectivity index (χ0n) is 66.9. The number of carbonyl (C=O) groups excluding carboxylic acids is 2. The molecule has 5 heterocycles. The second-order valence-electron chi connectivity index (χ2n) is 27.7. The Labute approximate surface area is 713 Å². The molecule has 666 valence electrons. The molecule has 3 unspecified atom stereocenters. The van der Waals surface area contributed by atoms with Crippen molar-refractivity contribution in [2.75, 3.05) is 108 Å². The summed E-state index contributed by atoms with van der Waals surface area (Å²) < 4.78 is 192. The van der Waals surface area contributed by atoms with Crippen LogP contribution >= 0.6 is 47.8 Å². The van der Waals surface area contributed by atoms with E-state index in [1.54, 1.807) is 92.2 Å². The van der Waals surface area contributed by atoms with E-state index in [1.807, 2.05) is 46.4 Å². The molecule has 0 fully saturated rings. The minimum atomic E-state index is -5.84. The van der Waals surface area contributed by atoms with Crippen molar-refractivity contribution >= 4 is 70.2 Å².